The van der Waals surface area contributed by atoms with Gasteiger partial charge in [-0.1, -0.05) is 0 Å². The number of aromatic nitrogens is 2. The third kappa shape index (κ3) is 1.69. The molecule has 0 saturated heterocycles. The highest BCUT2D eigenvalue weighted by Gasteiger charge is 2.20. The molecule has 0 spiro atoms. The topological polar surface area (TPSA) is 43.8 Å². The van der Waals surface area contributed by atoms with E-state index < -0.39 is 0 Å². The van der Waals surface area contributed by atoms with Crippen LogP contribution in [0.2, 0.25) is 0 Å². The summed E-state index contributed by atoms with van der Waals surface area (Å²) >= 11 is 3.47. The Hall–Kier alpha value is -0.350. The normalized spacial score (nSPS) is 12.1. The first kappa shape index (κ1) is 9.74. The Balaban J connectivity index is 3.11. The molecule has 2 N–H and O–H groups in total. The van der Waals surface area contributed by atoms with Crippen molar-refractivity contribution in [2.75, 3.05) is 0 Å². The van der Waals surface area contributed by atoms with Crippen molar-refractivity contribution >= 4 is 15.9 Å². The van der Waals surface area contributed by atoms with Crippen molar-refractivity contribution in [1.29, 1.82) is 0 Å². The molecule has 0 saturated carbocycles. The Morgan fingerprint density at radius 2 is 2.25 bits per heavy atom. The van der Waals surface area contributed by atoms with E-state index in [1.807, 2.05) is 31.6 Å². The fourth-order valence-electron chi connectivity index (χ4n) is 1.02. The molecule has 0 bridgehead atoms. The quantitative estimate of drug-likeness (QED) is 0.845. The number of aryl methyl sites for hydroxylation is 1. The van der Waals surface area contributed by atoms with Crippen molar-refractivity contribution in [2.45, 2.75) is 32.9 Å². The molecule has 1 heterocycles. The van der Waals surface area contributed by atoms with Gasteiger partial charge in [0.15, 0.2) is 0 Å². The Morgan fingerprint density at radius 1 is 1.67 bits per heavy atom. The maximum atomic E-state index is 5.94. The van der Waals surface area contributed by atoms with Gasteiger partial charge in [-0.2, -0.15) is 5.10 Å². The van der Waals surface area contributed by atoms with Gasteiger partial charge in [0.2, 0.25) is 0 Å². The molecule has 4 heteroatoms. The van der Waals surface area contributed by atoms with Crippen LogP contribution in [-0.4, -0.2) is 9.78 Å². The van der Waals surface area contributed by atoms with Crippen LogP contribution in [0.1, 0.15) is 26.3 Å². The van der Waals surface area contributed by atoms with Crippen molar-refractivity contribution in [3.63, 3.8) is 0 Å². The molecule has 0 aliphatic rings. The third-order valence-electron chi connectivity index (χ3n) is 1.77. The zero-order valence-corrected chi connectivity index (χ0v) is 9.22. The fourth-order valence-corrected chi connectivity index (χ4v) is 1.98. The van der Waals surface area contributed by atoms with E-state index in [1.165, 1.54) is 0 Å². The molecule has 1 rings (SSSR count). The second-order valence-corrected chi connectivity index (χ2v) is 4.14. The standard InChI is InChI=1S/C8H14BrN3/c1-4-12-7(9)6(5-11-12)8(2,3)10/h5H,4,10H2,1-3H3. The van der Waals surface area contributed by atoms with Crippen molar-refractivity contribution < 1.29 is 0 Å². The number of hydrogen-bond donors (Lipinski definition) is 1. The van der Waals surface area contributed by atoms with Crippen LogP contribution in [0.25, 0.3) is 0 Å². The summed E-state index contributed by atoms with van der Waals surface area (Å²) in [6.07, 6.45) is 1.81. The maximum absolute atomic E-state index is 5.94. The van der Waals surface area contributed by atoms with Crippen molar-refractivity contribution in [2.24, 2.45) is 5.73 Å². The highest BCUT2D eigenvalue weighted by molar-refractivity contribution is 9.10. The summed E-state index contributed by atoms with van der Waals surface area (Å²) in [5.74, 6) is 0. The van der Waals surface area contributed by atoms with Crippen LogP contribution in [0.4, 0.5) is 0 Å². The largest absolute Gasteiger partial charge is 0.322 e. The first-order valence-electron chi connectivity index (χ1n) is 3.97. The summed E-state index contributed by atoms with van der Waals surface area (Å²) in [4.78, 5) is 0. The molecule has 0 unspecified atom stereocenters. The number of halogens is 1. The highest BCUT2D eigenvalue weighted by Crippen LogP contribution is 2.25. The second kappa shape index (κ2) is 3.18. The monoisotopic (exact) mass is 231 g/mol. The van der Waals surface area contributed by atoms with E-state index in [1.54, 1.807) is 0 Å². The van der Waals surface area contributed by atoms with Gasteiger partial charge < -0.3 is 5.73 Å². The second-order valence-electron chi connectivity index (χ2n) is 3.39. The molecule has 3 nitrogen and oxygen atoms in total. The fraction of sp³-hybridized carbons (Fsp3) is 0.625. The summed E-state index contributed by atoms with van der Waals surface area (Å²) in [7, 11) is 0. The number of hydrogen-bond acceptors (Lipinski definition) is 2. The lowest BCUT2D eigenvalue weighted by molar-refractivity contribution is 0.547. The lowest BCUT2D eigenvalue weighted by Gasteiger charge is -2.17. The van der Waals surface area contributed by atoms with E-state index in [-0.39, 0.29) is 5.54 Å². The van der Waals surface area contributed by atoms with E-state index in [0.717, 1.165) is 16.7 Å². The van der Waals surface area contributed by atoms with Gasteiger partial charge >= 0.3 is 0 Å². The lowest BCUT2D eigenvalue weighted by Crippen LogP contribution is -2.28. The van der Waals surface area contributed by atoms with Gasteiger partial charge in [0.05, 0.1) is 6.20 Å². The molecule has 1 aromatic rings. The third-order valence-corrected chi connectivity index (χ3v) is 2.61. The van der Waals surface area contributed by atoms with Crippen LogP contribution in [-0.2, 0) is 12.1 Å². The summed E-state index contributed by atoms with van der Waals surface area (Å²) in [5.41, 5.74) is 6.66. The number of rotatable bonds is 2. The lowest BCUT2D eigenvalue weighted by atomic mass is 10.00. The predicted octanol–water partition coefficient (Wildman–Crippen LogP) is 1.86. The summed E-state index contributed by atoms with van der Waals surface area (Å²) in [6, 6.07) is 0. The van der Waals surface area contributed by atoms with Gasteiger partial charge in [-0.25, -0.2) is 0 Å². The van der Waals surface area contributed by atoms with Gasteiger partial charge in [0, 0.05) is 17.6 Å². The Labute approximate surface area is 81.1 Å². The summed E-state index contributed by atoms with van der Waals surface area (Å²) in [5, 5.41) is 4.19. The SMILES string of the molecule is CCn1ncc(C(C)(C)N)c1Br. The average Bonchev–Trinajstić information content (AvgIpc) is 2.29. The first-order valence-corrected chi connectivity index (χ1v) is 4.76. The Bertz CT molecular complexity index is 272. The molecule has 68 valence electrons. The number of nitrogens with zero attached hydrogens (tertiary/aromatic N) is 2. The molecule has 0 aliphatic carbocycles. The van der Waals surface area contributed by atoms with E-state index in [0.29, 0.717) is 0 Å². The van der Waals surface area contributed by atoms with Crippen LogP contribution in [0.3, 0.4) is 0 Å². The van der Waals surface area contributed by atoms with E-state index in [9.17, 15) is 0 Å². The van der Waals surface area contributed by atoms with Gasteiger partial charge in [-0.05, 0) is 36.7 Å². The molecule has 0 amide bonds. The molecule has 0 radical (unpaired) electrons. The van der Waals surface area contributed by atoms with Gasteiger partial charge in [-0.3, -0.25) is 4.68 Å². The molecule has 1 aromatic heterocycles. The van der Waals surface area contributed by atoms with Crippen LogP contribution in [0, 0.1) is 0 Å². The zero-order valence-electron chi connectivity index (χ0n) is 7.63. The summed E-state index contributed by atoms with van der Waals surface area (Å²) in [6.45, 7) is 6.84. The smallest absolute Gasteiger partial charge is 0.109 e. The summed E-state index contributed by atoms with van der Waals surface area (Å²) < 4.78 is 2.86. The predicted molar refractivity (Wildman–Crippen MR) is 52.8 cm³/mol. The van der Waals surface area contributed by atoms with Crippen molar-refractivity contribution in [3.8, 4) is 0 Å². The molecular formula is C8H14BrN3. The molecule has 0 fully saturated rings. The molecular weight excluding hydrogens is 218 g/mol. The van der Waals surface area contributed by atoms with E-state index >= 15 is 0 Å². The number of nitrogens with two attached hydrogens (primary N) is 1. The minimum atomic E-state index is -0.327. The maximum Gasteiger partial charge on any atom is 0.109 e. The average molecular weight is 232 g/mol. The van der Waals surface area contributed by atoms with Crippen LogP contribution in [0.5, 0.6) is 0 Å². The van der Waals surface area contributed by atoms with Crippen LogP contribution >= 0.6 is 15.9 Å². The highest BCUT2D eigenvalue weighted by atomic mass is 79.9. The Morgan fingerprint density at radius 3 is 2.50 bits per heavy atom. The minimum absolute atomic E-state index is 0.327. The van der Waals surface area contributed by atoms with E-state index in [4.69, 9.17) is 5.73 Å². The molecule has 0 aliphatic heterocycles. The molecule has 12 heavy (non-hydrogen) atoms. The van der Waals surface area contributed by atoms with Crippen LogP contribution < -0.4 is 5.73 Å². The Kier molecular flexibility index (Phi) is 2.58. The minimum Gasteiger partial charge on any atom is -0.322 e. The van der Waals surface area contributed by atoms with Crippen molar-refractivity contribution in [1.82, 2.24) is 9.78 Å². The van der Waals surface area contributed by atoms with Gasteiger partial charge in [0.25, 0.3) is 0 Å². The first-order chi connectivity index (χ1) is 5.46. The van der Waals surface area contributed by atoms with Gasteiger partial charge in [-0.15, -0.1) is 0 Å². The molecule has 0 aromatic carbocycles. The van der Waals surface area contributed by atoms with E-state index in [2.05, 4.69) is 21.0 Å². The van der Waals surface area contributed by atoms with Crippen molar-refractivity contribution in [3.05, 3.63) is 16.4 Å². The molecule has 0 atom stereocenters. The van der Waals surface area contributed by atoms with Gasteiger partial charge in [0.1, 0.15) is 4.60 Å². The zero-order chi connectivity index (χ0) is 9.35. The van der Waals surface area contributed by atoms with Crippen LogP contribution in [0.15, 0.2) is 10.8 Å².